The number of fused-ring (bicyclic) bond motifs is 1. The Labute approximate surface area is 310 Å². The minimum atomic E-state index is -4.87. The normalized spacial score (nSPS) is 26.8. The van der Waals surface area contributed by atoms with E-state index in [1.807, 2.05) is 0 Å². The van der Waals surface area contributed by atoms with Crippen LogP contribution in [0, 0.1) is 18.8 Å². The molecule has 2 saturated heterocycles. The summed E-state index contributed by atoms with van der Waals surface area (Å²) < 4.78 is 43.9. The fourth-order valence-corrected chi connectivity index (χ4v) is 6.74. The molecule has 0 saturated carbocycles. The Morgan fingerprint density at radius 1 is 1.15 bits per heavy atom. The van der Waals surface area contributed by atoms with Gasteiger partial charge in [-0.3, -0.25) is 28.0 Å². The Hall–Kier alpha value is -5.22. The number of carbonyl (C=O) groups is 3. The zero-order chi connectivity index (χ0) is 39.4. The standard InChI is InChI=1S/C30H37N10O14P/c1-15-33-4-5-40(15)50-11-21-19(9-23(53-21)39-14-36-25-26(32)34-13-35-27(25)39)54-55(47,48)51-12-20-18(41)8-22(52-20)38-10-16(28(44)37-30(38)46)3-2-6-49-29(45)17(31)7-24(42)43/h4-5,10,13-14,17-23,30,41,46H,6-9,11-12,31H2,1H3,(H,37,44)(H,42,43)(H,47,48)(H2,32,34,35)/t17?,18?,19?,20-,21-,22-,23-,30?/m1/s1. The molecule has 6 rings (SSSR count). The molecule has 0 spiro atoms. The first kappa shape index (κ1) is 39.5. The number of carboxylic acid groups (broad SMARTS) is 1. The number of nitrogen functional groups attached to an aromatic ring is 1. The molecule has 25 heteroatoms. The number of aromatic nitrogens is 6. The van der Waals surface area contributed by atoms with Crippen molar-refractivity contribution in [1.82, 2.24) is 39.5 Å². The summed E-state index contributed by atoms with van der Waals surface area (Å²) in [6, 6.07) is -1.40. The van der Waals surface area contributed by atoms with E-state index in [4.69, 9.17) is 44.7 Å². The monoisotopic (exact) mass is 792 g/mol. The number of phosphoric acid groups is 1. The minimum Gasteiger partial charge on any atom is -0.481 e. The zero-order valence-corrected chi connectivity index (χ0v) is 29.7. The number of nitrogens with two attached hydrogens (primary N) is 2. The highest BCUT2D eigenvalue weighted by atomic mass is 31.2. The van der Waals surface area contributed by atoms with Gasteiger partial charge in [0.25, 0.3) is 5.91 Å². The molecule has 5 unspecified atom stereocenters. The summed E-state index contributed by atoms with van der Waals surface area (Å²) in [4.78, 5) is 69.2. The number of nitrogens with one attached hydrogen (secondary N) is 1. The summed E-state index contributed by atoms with van der Waals surface area (Å²) in [5, 5.41) is 32.3. The average molecular weight is 793 g/mol. The molecular formula is C30H37N10O14P. The van der Waals surface area contributed by atoms with E-state index in [0.717, 1.165) is 11.1 Å². The maximum Gasteiger partial charge on any atom is 0.472 e. The van der Waals surface area contributed by atoms with Crippen molar-refractivity contribution in [3.05, 3.63) is 42.6 Å². The van der Waals surface area contributed by atoms with Gasteiger partial charge in [0.1, 0.15) is 66.7 Å². The number of amides is 1. The first-order valence-electron chi connectivity index (χ1n) is 16.5. The van der Waals surface area contributed by atoms with Crippen LogP contribution in [-0.4, -0.2) is 135 Å². The number of nitrogens with zero attached hydrogens (tertiary/aromatic N) is 7. The van der Waals surface area contributed by atoms with Crippen molar-refractivity contribution in [1.29, 1.82) is 0 Å². The Morgan fingerprint density at radius 2 is 1.93 bits per heavy atom. The molecule has 6 heterocycles. The van der Waals surface area contributed by atoms with E-state index in [1.54, 1.807) is 17.7 Å². The van der Waals surface area contributed by atoms with E-state index in [9.17, 15) is 34.1 Å². The Balaban J connectivity index is 1.07. The number of carbonyl (C=O) groups excluding carboxylic acids is 2. The van der Waals surface area contributed by atoms with Gasteiger partial charge in [0.05, 0.1) is 31.7 Å². The van der Waals surface area contributed by atoms with E-state index < -0.39 is 94.6 Å². The van der Waals surface area contributed by atoms with Crippen LogP contribution >= 0.6 is 7.82 Å². The number of aryl methyl sites for hydroxylation is 1. The first-order valence-corrected chi connectivity index (χ1v) is 18.0. The van der Waals surface area contributed by atoms with Crippen molar-refractivity contribution >= 4 is 42.7 Å². The molecule has 0 aromatic carbocycles. The highest BCUT2D eigenvalue weighted by Crippen LogP contribution is 2.49. The number of anilines is 1. The van der Waals surface area contributed by atoms with Gasteiger partial charge in [0, 0.05) is 25.2 Å². The van der Waals surface area contributed by atoms with E-state index >= 15 is 0 Å². The van der Waals surface area contributed by atoms with E-state index in [-0.39, 0.29) is 30.8 Å². The number of hydrogen-bond acceptors (Lipinski definition) is 19. The molecule has 2 fully saturated rings. The van der Waals surface area contributed by atoms with Crippen LogP contribution in [0.3, 0.4) is 0 Å². The lowest BCUT2D eigenvalue weighted by Crippen LogP contribution is -2.53. The van der Waals surface area contributed by atoms with E-state index in [0.29, 0.717) is 17.0 Å². The molecule has 3 aliphatic rings. The minimum absolute atomic E-state index is 0.0294. The second kappa shape index (κ2) is 16.7. The van der Waals surface area contributed by atoms with Gasteiger partial charge in [-0.05, 0) is 6.92 Å². The molecule has 3 aromatic rings. The lowest BCUT2D eigenvalue weighted by molar-refractivity contribution is -0.148. The number of imidazole rings is 2. The second-order valence-corrected chi connectivity index (χ2v) is 13.7. The molecule has 55 heavy (non-hydrogen) atoms. The molecule has 3 aromatic heterocycles. The van der Waals surface area contributed by atoms with Crippen molar-refractivity contribution in [3.63, 3.8) is 0 Å². The molecular weight excluding hydrogens is 755 g/mol. The van der Waals surface area contributed by atoms with Gasteiger partial charge in [-0.1, -0.05) is 11.8 Å². The van der Waals surface area contributed by atoms with Crippen molar-refractivity contribution in [2.75, 3.05) is 25.6 Å². The van der Waals surface area contributed by atoms with Crippen molar-refractivity contribution in [3.8, 4) is 11.8 Å². The third-order valence-corrected chi connectivity index (χ3v) is 9.53. The Bertz CT molecular complexity index is 2050. The Kier molecular flexibility index (Phi) is 12.0. The fraction of sp³-hybridized carbons (Fsp3) is 0.500. The van der Waals surface area contributed by atoms with Crippen molar-refractivity contribution in [2.45, 2.75) is 75.5 Å². The smallest absolute Gasteiger partial charge is 0.472 e. The van der Waals surface area contributed by atoms with Crippen LogP contribution in [0.25, 0.3) is 11.2 Å². The molecule has 296 valence electrons. The van der Waals surface area contributed by atoms with Crippen LogP contribution in [0.1, 0.15) is 31.3 Å². The summed E-state index contributed by atoms with van der Waals surface area (Å²) in [5.41, 5.74) is 11.9. The number of aliphatic carboxylic acids is 1. The summed E-state index contributed by atoms with van der Waals surface area (Å²) >= 11 is 0. The van der Waals surface area contributed by atoms with Crippen molar-refractivity contribution < 1.29 is 67.3 Å². The summed E-state index contributed by atoms with van der Waals surface area (Å²) in [7, 11) is -4.87. The molecule has 9 N–H and O–H groups in total. The molecule has 1 amide bonds. The summed E-state index contributed by atoms with van der Waals surface area (Å²) in [5.74, 6) is 2.52. The van der Waals surface area contributed by atoms with Crippen molar-refractivity contribution in [2.24, 2.45) is 5.73 Å². The van der Waals surface area contributed by atoms with Crippen LogP contribution in [0.15, 0.2) is 36.8 Å². The lowest BCUT2D eigenvalue weighted by Gasteiger charge is -2.35. The quantitative estimate of drug-likeness (QED) is 0.0494. The topological polar surface area (TPSA) is 333 Å². The number of aliphatic hydroxyl groups is 2. The summed E-state index contributed by atoms with van der Waals surface area (Å²) in [6.07, 6.45) is -1.65. The van der Waals surface area contributed by atoms with Crippen LogP contribution < -0.4 is 21.6 Å². The average Bonchev–Trinajstić information content (AvgIpc) is 3.92. The van der Waals surface area contributed by atoms with Gasteiger partial charge >= 0.3 is 19.8 Å². The number of ether oxygens (including phenoxy) is 3. The maximum absolute atomic E-state index is 13.3. The second-order valence-electron chi connectivity index (χ2n) is 12.3. The summed E-state index contributed by atoms with van der Waals surface area (Å²) in [6.45, 7) is 0.446. The predicted molar refractivity (Wildman–Crippen MR) is 180 cm³/mol. The number of phosphoric ester groups is 1. The highest BCUT2D eigenvalue weighted by molar-refractivity contribution is 7.47. The zero-order valence-electron chi connectivity index (χ0n) is 28.9. The van der Waals surface area contributed by atoms with E-state index in [1.165, 1.54) is 23.6 Å². The molecule has 0 aliphatic carbocycles. The maximum atomic E-state index is 13.3. The first-order chi connectivity index (χ1) is 26.2. The highest BCUT2D eigenvalue weighted by Gasteiger charge is 2.45. The molecule has 24 nitrogen and oxygen atoms in total. The largest absolute Gasteiger partial charge is 0.481 e. The molecule has 3 aliphatic heterocycles. The lowest BCUT2D eigenvalue weighted by atomic mass is 10.1. The number of rotatable bonds is 14. The van der Waals surface area contributed by atoms with Crippen LogP contribution in [-0.2, 0) is 42.2 Å². The Morgan fingerprint density at radius 3 is 2.67 bits per heavy atom. The third-order valence-electron chi connectivity index (χ3n) is 8.52. The molecule has 9 atom stereocenters. The SMILES string of the molecule is Cc1nccn1OC[C@H]1O[C@@H](n2cnc3c(N)ncnc32)CC1OP(=O)(O)OC[C@H]1O[C@@H](N2C=C(C#CCOC(=O)C(N)CC(=O)O)C(=O)NC2O)CC1O. The van der Waals surface area contributed by atoms with Gasteiger partial charge in [-0.25, -0.2) is 24.5 Å². The van der Waals surface area contributed by atoms with Gasteiger partial charge in [-0.15, -0.1) is 0 Å². The predicted octanol–water partition coefficient (Wildman–Crippen LogP) is -2.75. The van der Waals surface area contributed by atoms with E-state index in [2.05, 4.69) is 37.1 Å². The van der Waals surface area contributed by atoms with Gasteiger partial charge in [-0.2, -0.15) is 4.73 Å². The number of carboxylic acids is 1. The van der Waals surface area contributed by atoms with Gasteiger partial charge in [0.2, 0.25) is 6.35 Å². The number of hydrogen-bond donors (Lipinski definition) is 7. The van der Waals surface area contributed by atoms with Crippen LogP contribution in [0.4, 0.5) is 5.82 Å². The van der Waals surface area contributed by atoms with Gasteiger partial charge in [0.15, 0.2) is 18.1 Å². The number of esters is 1. The van der Waals surface area contributed by atoms with Gasteiger partial charge < -0.3 is 60.9 Å². The number of aliphatic hydroxyl groups excluding tert-OH is 2. The molecule has 0 bridgehead atoms. The van der Waals surface area contributed by atoms with Crippen LogP contribution in [0.2, 0.25) is 0 Å². The molecule has 0 radical (unpaired) electrons. The van der Waals surface area contributed by atoms with Crippen LogP contribution in [0.5, 0.6) is 0 Å². The third kappa shape index (κ3) is 9.36. The fourth-order valence-electron chi connectivity index (χ4n) is 5.78.